The molecule has 1 aromatic heterocycles. The number of nitrogens with zero attached hydrogens (tertiary/aromatic N) is 1. The molecule has 0 saturated carbocycles. The Morgan fingerprint density at radius 3 is 2.71 bits per heavy atom. The van der Waals surface area contributed by atoms with Crippen molar-refractivity contribution in [3.8, 4) is 0 Å². The lowest BCUT2D eigenvalue weighted by Gasteiger charge is -1.68. The number of aromatic nitrogens is 1. The first-order chi connectivity index (χ1) is 3.29. The van der Waals surface area contributed by atoms with Crippen molar-refractivity contribution in [2.45, 2.75) is 0 Å². The van der Waals surface area contributed by atoms with Gasteiger partial charge in [0, 0.05) is 0 Å². The van der Waals surface area contributed by atoms with Crippen LogP contribution >= 0.6 is 27.3 Å². The molecular weight excluding hydrogens is 176 g/mol. The van der Waals surface area contributed by atoms with E-state index in [1.54, 1.807) is 6.20 Å². The summed E-state index contributed by atoms with van der Waals surface area (Å²) in [5, 5.41) is 0.742. The quantitative estimate of drug-likeness (QED) is 0.655. The minimum atomic E-state index is 0.742. The van der Waals surface area contributed by atoms with Crippen LogP contribution in [0.4, 0.5) is 5.00 Å². The molecule has 0 unspecified atom stereocenters. The van der Waals surface area contributed by atoms with Gasteiger partial charge in [-0.3, -0.25) is 0 Å². The maximum absolute atomic E-state index is 5.30. The standard InChI is InChI=1S/C3H3BrN2S/c4-3-6-1-2(5)7-3/h1H,5H2. The lowest BCUT2D eigenvalue weighted by atomic mass is 10.9. The first-order valence-electron chi connectivity index (χ1n) is 1.66. The molecule has 38 valence electrons. The number of halogens is 1. The van der Waals surface area contributed by atoms with E-state index in [-0.39, 0.29) is 0 Å². The van der Waals surface area contributed by atoms with Crippen LogP contribution < -0.4 is 5.73 Å². The average molecular weight is 179 g/mol. The highest BCUT2D eigenvalue weighted by atomic mass is 79.9. The fourth-order valence-electron chi connectivity index (χ4n) is 0.264. The molecule has 0 aliphatic rings. The zero-order valence-electron chi connectivity index (χ0n) is 3.39. The maximum atomic E-state index is 5.30. The number of hydrogen-bond donors (Lipinski definition) is 1. The van der Waals surface area contributed by atoms with Crippen molar-refractivity contribution < 1.29 is 0 Å². The molecule has 0 bridgehead atoms. The maximum Gasteiger partial charge on any atom is 0.161 e. The molecule has 1 heterocycles. The normalized spacial score (nSPS) is 9.29. The van der Waals surface area contributed by atoms with Crippen LogP contribution in [0.5, 0.6) is 0 Å². The molecular formula is C3H3BrN2S. The van der Waals surface area contributed by atoms with Gasteiger partial charge >= 0.3 is 0 Å². The van der Waals surface area contributed by atoms with Crippen LogP contribution in [0.15, 0.2) is 10.1 Å². The van der Waals surface area contributed by atoms with Crippen molar-refractivity contribution in [2.24, 2.45) is 0 Å². The summed E-state index contributed by atoms with van der Waals surface area (Å²) in [6.07, 6.45) is 1.62. The number of anilines is 1. The second kappa shape index (κ2) is 1.79. The van der Waals surface area contributed by atoms with Gasteiger partial charge in [0.05, 0.1) is 6.20 Å². The third kappa shape index (κ3) is 1.14. The van der Waals surface area contributed by atoms with E-state index in [0.29, 0.717) is 0 Å². The Balaban J connectivity index is 3.04. The molecule has 0 aliphatic carbocycles. The van der Waals surface area contributed by atoms with E-state index in [1.807, 2.05) is 0 Å². The van der Waals surface area contributed by atoms with Gasteiger partial charge in [0.25, 0.3) is 0 Å². The van der Waals surface area contributed by atoms with Gasteiger partial charge in [-0.1, -0.05) is 11.3 Å². The van der Waals surface area contributed by atoms with Crippen LogP contribution in [0, 0.1) is 0 Å². The predicted octanol–water partition coefficient (Wildman–Crippen LogP) is 1.49. The Morgan fingerprint density at radius 1 is 1.86 bits per heavy atom. The van der Waals surface area contributed by atoms with Crippen molar-refractivity contribution in [3.63, 3.8) is 0 Å². The number of hydrogen-bond acceptors (Lipinski definition) is 3. The third-order valence-electron chi connectivity index (χ3n) is 0.495. The number of thiazole rings is 1. The summed E-state index contributed by atoms with van der Waals surface area (Å²) in [5.74, 6) is 0. The van der Waals surface area contributed by atoms with Crippen LogP contribution in [0.1, 0.15) is 0 Å². The molecule has 1 aromatic rings. The highest BCUT2D eigenvalue weighted by molar-refractivity contribution is 9.11. The van der Waals surface area contributed by atoms with Crippen LogP contribution in [0.25, 0.3) is 0 Å². The van der Waals surface area contributed by atoms with Gasteiger partial charge in [-0.2, -0.15) is 0 Å². The predicted molar refractivity (Wildman–Crippen MR) is 34.2 cm³/mol. The van der Waals surface area contributed by atoms with Crippen molar-refractivity contribution in [3.05, 3.63) is 10.1 Å². The summed E-state index contributed by atoms with van der Waals surface area (Å²) >= 11 is 4.59. The molecule has 0 aromatic carbocycles. The molecule has 0 fully saturated rings. The first kappa shape index (κ1) is 5.05. The Hall–Kier alpha value is -0.0900. The molecule has 0 radical (unpaired) electrons. The number of nitrogens with two attached hydrogens (primary N) is 1. The van der Waals surface area contributed by atoms with Crippen molar-refractivity contribution in [2.75, 3.05) is 5.73 Å². The van der Waals surface area contributed by atoms with Crippen LogP contribution in [0.3, 0.4) is 0 Å². The average Bonchev–Trinajstić information content (AvgIpc) is 1.87. The van der Waals surface area contributed by atoms with Crippen LogP contribution in [-0.4, -0.2) is 4.98 Å². The summed E-state index contributed by atoms with van der Waals surface area (Å²) in [5.41, 5.74) is 5.30. The largest absolute Gasteiger partial charge is 0.389 e. The summed E-state index contributed by atoms with van der Waals surface area (Å²) in [7, 11) is 0. The fraction of sp³-hybridized carbons (Fsp3) is 0. The molecule has 0 amide bonds. The molecule has 1 rings (SSSR count). The van der Waals surface area contributed by atoms with Gasteiger partial charge in [0.15, 0.2) is 3.92 Å². The monoisotopic (exact) mass is 178 g/mol. The molecule has 0 spiro atoms. The Bertz CT molecular complexity index is 145. The number of nitrogen functional groups attached to an aromatic ring is 1. The van der Waals surface area contributed by atoms with E-state index < -0.39 is 0 Å². The van der Waals surface area contributed by atoms with Gasteiger partial charge < -0.3 is 5.73 Å². The van der Waals surface area contributed by atoms with Crippen LogP contribution in [0.2, 0.25) is 0 Å². The molecule has 4 heteroatoms. The molecule has 0 aliphatic heterocycles. The molecule has 0 saturated heterocycles. The third-order valence-corrected chi connectivity index (χ3v) is 1.80. The van der Waals surface area contributed by atoms with Gasteiger partial charge in [-0.15, -0.1) is 0 Å². The van der Waals surface area contributed by atoms with Gasteiger partial charge in [0.1, 0.15) is 5.00 Å². The van der Waals surface area contributed by atoms with Gasteiger partial charge in [0.2, 0.25) is 0 Å². The minimum Gasteiger partial charge on any atom is -0.389 e. The van der Waals surface area contributed by atoms with E-state index in [4.69, 9.17) is 5.73 Å². The first-order valence-corrected chi connectivity index (χ1v) is 3.27. The minimum absolute atomic E-state index is 0.742. The van der Waals surface area contributed by atoms with E-state index in [0.717, 1.165) is 8.92 Å². The summed E-state index contributed by atoms with van der Waals surface area (Å²) in [6, 6.07) is 0. The summed E-state index contributed by atoms with van der Waals surface area (Å²) in [6.45, 7) is 0. The molecule has 2 nitrogen and oxygen atoms in total. The van der Waals surface area contributed by atoms with E-state index >= 15 is 0 Å². The summed E-state index contributed by atoms with van der Waals surface area (Å²) in [4.78, 5) is 3.83. The lowest BCUT2D eigenvalue weighted by Crippen LogP contribution is -1.73. The van der Waals surface area contributed by atoms with Gasteiger partial charge in [-0.05, 0) is 15.9 Å². The summed E-state index contributed by atoms with van der Waals surface area (Å²) < 4.78 is 0.838. The van der Waals surface area contributed by atoms with Crippen LogP contribution in [-0.2, 0) is 0 Å². The van der Waals surface area contributed by atoms with Crippen molar-refractivity contribution in [1.82, 2.24) is 4.98 Å². The van der Waals surface area contributed by atoms with Gasteiger partial charge in [-0.25, -0.2) is 4.98 Å². The highest BCUT2D eigenvalue weighted by Gasteiger charge is 1.88. The van der Waals surface area contributed by atoms with E-state index in [1.165, 1.54) is 11.3 Å². The van der Waals surface area contributed by atoms with Crippen molar-refractivity contribution in [1.29, 1.82) is 0 Å². The zero-order valence-corrected chi connectivity index (χ0v) is 5.79. The Morgan fingerprint density at radius 2 is 2.57 bits per heavy atom. The second-order valence-corrected chi connectivity index (χ2v) is 3.35. The zero-order chi connectivity index (χ0) is 5.28. The topological polar surface area (TPSA) is 38.9 Å². The smallest absolute Gasteiger partial charge is 0.161 e. The highest BCUT2D eigenvalue weighted by Crippen LogP contribution is 2.19. The van der Waals surface area contributed by atoms with Crippen molar-refractivity contribution >= 4 is 32.3 Å². The molecule has 0 atom stereocenters. The number of rotatable bonds is 0. The van der Waals surface area contributed by atoms with E-state index in [2.05, 4.69) is 20.9 Å². The molecule has 7 heavy (non-hydrogen) atoms. The second-order valence-electron chi connectivity index (χ2n) is 1.02. The lowest BCUT2D eigenvalue weighted by molar-refractivity contribution is 1.38. The van der Waals surface area contributed by atoms with E-state index in [9.17, 15) is 0 Å². The Labute approximate surface area is 53.5 Å². The SMILES string of the molecule is Nc1cnc(Br)s1. The fourth-order valence-corrected chi connectivity index (χ4v) is 1.33. The Kier molecular flexibility index (Phi) is 1.30. The molecule has 2 N–H and O–H groups in total.